The summed E-state index contributed by atoms with van der Waals surface area (Å²) in [5.74, 6) is 2.06. The maximum absolute atomic E-state index is 12.3. The van der Waals surface area contributed by atoms with Gasteiger partial charge in [0, 0.05) is 46.5 Å². The second-order valence-electron chi connectivity index (χ2n) is 16.8. The quantitative estimate of drug-likeness (QED) is 0.0731. The minimum Gasteiger partial charge on any atom is -0.508 e. The third-order valence-electron chi connectivity index (χ3n) is 12.3. The maximum Gasteiger partial charge on any atom is 0.339 e. The summed E-state index contributed by atoms with van der Waals surface area (Å²) in [5, 5.41) is 28.8. The molecular weight excluding hydrogens is 789 g/mol. The lowest BCUT2D eigenvalue weighted by Gasteiger charge is -2.25. The molecule has 3 aromatic carbocycles. The zero-order valence-corrected chi connectivity index (χ0v) is 37.0. The molecule has 62 heavy (non-hydrogen) atoms. The Morgan fingerprint density at radius 1 is 0.629 bits per heavy atom. The van der Waals surface area contributed by atoms with Crippen LogP contribution < -0.4 is 16.0 Å². The molecule has 1 fully saturated rings. The van der Waals surface area contributed by atoms with Gasteiger partial charge in [-0.1, -0.05) is 65.4 Å². The molecule has 0 spiro atoms. The molecule has 3 aliphatic carbocycles. The predicted octanol–water partition coefficient (Wildman–Crippen LogP) is 10.5. The van der Waals surface area contributed by atoms with E-state index in [0.717, 1.165) is 91.0 Å². The van der Waals surface area contributed by atoms with Crippen LogP contribution in [-0.4, -0.2) is 40.8 Å². The Balaban J connectivity index is 0.000000164. The van der Waals surface area contributed by atoms with Gasteiger partial charge in [0.05, 0.1) is 13.7 Å². The van der Waals surface area contributed by atoms with Crippen LogP contribution in [0.15, 0.2) is 79.1 Å². The molecule has 3 N–H and O–H groups in total. The smallest absolute Gasteiger partial charge is 0.339 e. The number of Topliss-reactive ketones (excluding diaryl/α,β-unsaturated/α-hetero) is 1. The number of fused-ring (bicyclic) bond motifs is 6. The van der Waals surface area contributed by atoms with Crippen molar-refractivity contribution in [3.63, 3.8) is 0 Å². The third kappa shape index (κ3) is 12.5. The van der Waals surface area contributed by atoms with Gasteiger partial charge in [0.15, 0.2) is 0 Å². The Kier molecular flexibility index (Phi) is 17.6. The minimum absolute atomic E-state index is 0.0594. The highest BCUT2D eigenvalue weighted by Crippen LogP contribution is 2.34. The van der Waals surface area contributed by atoms with E-state index < -0.39 is 5.92 Å². The summed E-state index contributed by atoms with van der Waals surface area (Å²) in [6.07, 6.45) is 15.1. The average Bonchev–Trinajstić information content (AvgIpc) is 3.25. The number of hydrogen-bond acceptors (Lipinski definition) is 11. The standard InChI is InChI=1S/C18H22O3.C16H18O3.C11H18O3.C6H6O2/c1-3-5-12-6-8-14-15-9-7-13(20-4-2)11-17(15)21-18(19)16(14)10-12;1-2-3-10-4-6-12-13-7-5-11(17)9-15(13)19-16(18)14(12)8-10;1-3-4-8-5-6-10(12)9(7-8)11(13)14-2;7-5-2-1-3-6(8)4-5/h7,9,11-12H,3-6,8,10H2,1-2H3;5,7,9-10,17H,2-4,6,8H2,1H3;8-9H,3-7H2,1-2H3;1-4,7-8H. The number of methoxy groups -OCH3 is 1. The van der Waals surface area contributed by atoms with E-state index in [1.165, 1.54) is 62.6 Å². The molecule has 0 amide bonds. The van der Waals surface area contributed by atoms with E-state index in [4.69, 9.17) is 23.8 Å². The van der Waals surface area contributed by atoms with Gasteiger partial charge in [-0.05, 0) is 124 Å². The van der Waals surface area contributed by atoms with Crippen molar-refractivity contribution in [3.05, 3.63) is 104 Å². The number of ether oxygens (including phenoxy) is 2. The SMILES string of the molecule is CCCC1CCC(=O)C(C(=O)OC)C1.CCCC1CCc2c(c(=O)oc3cc(O)ccc23)C1.CCCC1CCc2c(c(=O)oc3cc(OCC)ccc23)C1.Oc1cccc(O)c1. The molecule has 8 rings (SSSR count). The van der Waals surface area contributed by atoms with Crippen LogP contribution in [0, 0.1) is 23.7 Å². The zero-order valence-electron chi connectivity index (χ0n) is 37.0. The van der Waals surface area contributed by atoms with Gasteiger partial charge in [-0.25, -0.2) is 9.59 Å². The number of aryl methyl sites for hydroxylation is 2. The number of carbonyl (C=O) groups excluding carboxylic acids is 2. The zero-order chi connectivity index (χ0) is 44.8. The van der Waals surface area contributed by atoms with Gasteiger partial charge in [0.1, 0.15) is 45.9 Å². The summed E-state index contributed by atoms with van der Waals surface area (Å²) in [4.78, 5) is 47.1. The number of ketones is 1. The normalized spacial score (nSPS) is 19.0. The van der Waals surface area contributed by atoms with Gasteiger partial charge in [-0.2, -0.15) is 0 Å². The van der Waals surface area contributed by atoms with Gasteiger partial charge in [0.25, 0.3) is 0 Å². The summed E-state index contributed by atoms with van der Waals surface area (Å²) in [6.45, 7) is 9.07. The summed E-state index contributed by atoms with van der Waals surface area (Å²) < 4.78 is 21.0. The highest BCUT2D eigenvalue weighted by atomic mass is 16.5. The summed E-state index contributed by atoms with van der Waals surface area (Å²) >= 11 is 0. The first-order valence-corrected chi connectivity index (χ1v) is 22.5. The monoisotopic (exact) mass is 852 g/mol. The van der Waals surface area contributed by atoms with E-state index in [0.29, 0.717) is 48.4 Å². The Morgan fingerprint density at radius 2 is 1.13 bits per heavy atom. The van der Waals surface area contributed by atoms with Crippen LogP contribution in [0.5, 0.6) is 23.0 Å². The third-order valence-corrected chi connectivity index (χ3v) is 12.3. The van der Waals surface area contributed by atoms with Crippen molar-refractivity contribution in [3.8, 4) is 23.0 Å². The molecule has 0 bridgehead atoms. The highest BCUT2D eigenvalue weighted by molar-refractivity contribution is 5.99. The second-order valence-corrected chi connectivity index (χ2v) is 16.8. The number of rotatable bonds is 9. The second kappa shape index (κ2) is 23.0. The number of aromatic hydroxyl groups is 3. The number of hydrogen-bond donors (Lipinski definition) is 3. The molecule has 11 nitrogen and oxygen atoms in total. The lowest BCUT2D eigenvalue weighted by molar-refractivity contribution is -0.151. The number of phenolic OH excluding ortho intramolecular Hbond substituents is 3. The topological polar surface area (TPSA) is 174 Å². The molecule has 0 aliphatic heterocycles. The molecule has 1 saturated carbocycles. The van der Waals surface area contributed by atoms with Crippen molar-refractivity contribution in [1.29, 1.82) is 0 Å². The molecule has 334 valence electrons. The van der Waals surface area contributed by atoms with Crippen molar-refractivity contribution in [2.75, 3.05) is 13.7 Å². The fraction of sp³-hybridized carbons (Fsp3) is 0.490. The first kappa shape index (κ1) is 47.5. The van der Waals surface area contributed by atoms with Crippen LogP contribution in [0.4, 0.5) is 0 Å². The lowest BCUT2D eigenvalue weighted by Crippen LogP contribution is -2.32. The van der Waals surface area contributed by atoms with E-state index >= 15 is 0 Å². The van der Waals surface area contributed by atoms with Crippen molar-refractivity contribution in [2.24, 2.45) is 23.7 Å². The van der Waals surface area contributed by atoms with Crippen LogP contribution in [-0.2, 0) is 40.0 Å². The van der Waals surface area contributed by atoms with E-state index in [-0.39, 0.29) is 40.3 Å². The number of carbonyl (C=O) groups is 2. The van der Waals surface area contributed by atoms with Gasteiger partial charge in [-0.3, -0.25) is 9.59 Å². The van der Waals surface area contributed by atoms with Crippen LogP contribution >= 0.6 is 0 Å². The molecule has 4 atom stereocenters. The highest BCUT2D eigenvalue weighted by Gasteiger charge is 2.34. The van der Waals surface area contributed by atoms with E-state index in [2.05, 4.69) is 25.5 Å². The molecule has 0 saturated heterocycles. The van der Waals surface area contributed by atoms with Crippen LogP contribution in [0.3, 0.4) is 0 Å². The molecule has 3 aliphatic rings. The van der Waals surface area contributed by atoms with E-state index in [1.54, 1.807) is 12.1 Å². The molecule has 11 heteroatoms. The van der Waals surface area contributed by atoms with Gasteiger partial charge in [-0.15, -0.1) is 0 Å². The minimum atomic E-state index is -0.481. The molecule has 2 aromatic heterocycles. The molecule has 2 heterocycles. The maximum atomic E-state index is 12.3. The van der Waals surface area contributed by atoms with E-state index in [1.807, 2.05) is 31.2 Å². The Labute approximate surface area is 364 Å². The first-order valence-electron chi connectivity index (χ1n) is 22.5. The van der Waals surface area contributed by atoms with Crippen molar-refractivity contribution in [1.82, 2.24) is 0 Å². The number of benzene rings is 3. The van der Waals surface area contributed by atoms with Gasteiger partial charge < -0.3 is 33.6 Å². The Hall–Kier alpha value is -5.58. The van der Waals surface area contributed by atoms with Gasteiger partial charge >= 0.3 is 17.2 Å². The number of phenols is 3. The Bertz CT molecular complexity index is 2370. The molecule has 5 aromatic rings. The first-order chi connectivity index (χ1) is 29.9. The average molecular weight is 853 g/mol. The van der Waals surface area contributed by atoms with Crippen LogP contribution in [0.2, 0.25) is 0 Å². The van der Waals surface area contributed by atoms with Gasteiger partial charge in [0.2, 0.25) is 0 Å². The lowest BCUT2D eigenvalue weighted by atomic mass is 9.78. The van der Waals surface area contributed by atoms with E-state index in [9.17, 15) is 24.3 Å². The van der Waals surface area contributed by atoms with Crippen LogP contribution in [0.25, 0.3) is 21.9 Å². The van der Waals surface area contributed by atoms with Crippen molar-refractivity contribution >= 4 is 33.7 Å². The van der Waals surface area contributed by atoms with Crippen molar-refractivity contribution in [2.45, 2.75) is 124 Å². The van der Waals surface area contributed by atoms with Crippen LogP contribution in [0.1, 0.15) is 121 Å². The molecule has 0 radical (unpaired) electrons. The summed E-state index contributed by atoms with van der Waals surface area (Å²) in [7, 11) is 1.35. The summed E-state index contributed by atoms with van der Waals surface area (Å²) in [6, 6.07) is 16.7. The Morgan fingerprint density at radius 3 is 1.63 bits per heavy atom. The molecular formula is C51H64O11. The number of esters is 1. The van der Waals surface area contributed by atoms with Crippen molar-refractivity contribution < 1.29 is 43.2 Å². The fourth-order valence-electron chi connectivity index (χ4n) is 9.24. The fourth-order valence-corrected chi connectivity index (χ4v) is 9.24. The largest absolute Gasteiger partial charge is 0.508 e. The molecule has 4 unspecified atom stereocenters. The predicted molar refractivity (Wildman–Crippen MR) is 241 cm³/mol. The summed E-state index contributed by atoms with van der Waals surface area (Å²) in [5.41, 5.74) is 4.83.